The molecule has 1 saturated heterocycles. The van der Waals surface area contributed by atoms with E-state index < -0.39 is 9.84 Å². The second kappa shape index (κ2) is 8.53. The van der Waals surface area contributed by atoms with Crippen LogP contribution in [0.3, 0.4) is 0 Å². The van der Waals surface area contributed by atoms with Crippen LogP contribution in [0.2, 0.25) is 0 Å². The van der Waals surface area contributed by atoms with Gasteiger partial charge >= 0.3 is 0 Å². The first-order chi connectivity index (χ1) is 12.3. The van der Waals surface area contributed by atoms with E-state index in [0.29, 0.717) is 24.4 Å². The van der Waals surface area contributed by atoms with E-state index in [4.69, 9.17) is 4.74 Å². The second-order valence-electron chi connectivity index (χ2n) is 6.36. The third-order valence-corrected chi connectivity index (χ3v) is 6.35. The largest absolute Gasteiger partial charge is 0.497 e. The fourth-order valence-corrected chi connectivity index (χ4v) is 4.99. The van der Waals surface area contributed by atoms with Crippen molar-refractivity contribution >= 4 is 27.3 Å². The first-order valence-electron chi connectivity index (χ1n) is 8.69. The number of hydrogen-bond acceptors (Lipinski definition) is 5. The second-order valence-corrected chi connectivity index (χ2v) is 8.59. The van der Waals surface area contributed by atoms with Crippen LogP contribution in [0.4, 0.5) is 5.69 Å². The molecule has 1 heterocycles. The minimum Gasteiger partial charge on any atom is -0.497 e. The van der Waals surface area contributed by atoms with Crippen molar-refractivity contribution in [3.8, 4) is 5.75 Å². The molecule has 2 rings (SSSR count). The molecule has 0 saturated carbocycles. The van der Waals surface area contributed by atoms with E-state index in [1.54, 1.807) is 36.3 Å². The lowest BCUT2D eigenvalue weighted by Crippen LogP contribution is -2.42. The van der Waals surface area contributed by atoms with Gasteiger partial charge in [-0.15, -0.1) is 0 Å². The molecule has 1 aromatic carbocycles. The van der Waals surface area contributed by atoms with E-state index in [1.165, 1.54) is 11.8 Å². The van der Waals surface area contributed by atoms with Gasteiger partial charge in [0, 0.05) is 44.2 Å². The Morgan fingerprint density at radius 2 is 2.04 bits per heavy atom. The minimum atomic E-state index is -3.05. The quantitative estimate of drug-likeness (QED) is 0.713. The van der Waals surface area contributed by atoms with Gasteiger partial charge in [0.15, 0.2) is 9.84 Å². The number of benzene rings is 1. The Kier molecular flexibility index (Phi) is 6.63. The average molecular weight is 382 g/mol. The SMILES string of the molecule is CCN(C(=O)CCN(C(C)=O)c1cccc(OC)c1)C1CCS(=O)(=O)C1. The van der Waals surface area contributed by atoms with Gasteiger partial charge in [-0.25, -0.2) is 8.42 Å². The van der Waals surface area contributed by atoms with Crippen molar-refractivity contribution in [3.63, 3.8) is 0 Å². The Morgan fingerprint density at radius 1 is 1.31 bits per heavy atom. The van der Waals surface area contributed by atoms with Gasteiger partial charge < -0.3 is 14.5 Å². The number of methoxy groups -OCH3 is 1. The summed E-state index contributed by atoms with van der Waals surface area (Å²) in [7, 11) is -1.50. The molecular formula is C18H26N2O5S. The van der Waals surface area contributed by atoms with E-state index in [-0.39, 0.29) is 42.3 Å². The third-order valence-electron chi connectivity index (χ3n) is 4.60. The number of hydrogen-bond donors (Lipinski definition) is 0. The van der Waals surface area contributed by atoms with Gasteiger partial charge in [0.2, 0.25) is 11.8 Å². The number of rotatable bonds is 7. The van der Waals surface area contributed by atoms with E-state index in [9.17, 15) is 18.0 Å². The zero-order chi connectivity index (χ0) is 19.3. The van der Waals surface area contributed by atoms with Gasteiger partial charge in [0.25, 0.3) is 0 Å². The fourth-order valence-electron chi connectivity index (χ4n) is 3.26. The number of nitrogens with zero attached hydrogens (tertiary/aromatic N) is 2. The summed E-state index contributed by atoms with van der Waals surface area (Å²) in [4.78, 5) is 27.8. The van der Waals surface area contributed by atoms with Gasteiger partial charge in [-0.3, -0.25) is 9.59 Å². The number of carbonyl (C=O) groups is 2. The van der Waals surface area contributed by atoms with Gasteiger partial charge in [0.1, 0.15) is 5.75 Å². The smallest absolute Gasteiger partial charge is 0.224 e. The van der Waals surface area contributed by atoms with Crippen molar-refractivity contribution in [1.82, 2.24) is 4.90 Å². The van der Waals surface area contributed by atoms with Gasteiger partial charge in [-0.05, 0) is 25.5 Å². The highest BCUT2D eigenvalue weighted by atomic mass is 32.2. The summed E-state index contributed by atoms with van der Waals surface area (Å²) in [6, 6.07) is 6.84. The van der Waals surface area contributed by atoms with Gasteiger partial charge in [-0.1, -0.05) is 6.07 Å². The summed E-state index contributed by atoms with van der Waals surface area (Å²) < 4.78 is 28.5. The van der Waals surface area contributed by atoms with Crippen LogP contribution in [0.15, 0.2) is 24.3 Å². The highest BCUT2D eigenvalue weighted by Crippen LogP contribution is 2.22. The molecule has 1 atom stereocenters. The van der Waals surface area contributed by atoms with Crippen molar-refractivity contribution in [2.75, 3.05) is 36.6 Å². The molecule has 26 heavy (non-hydrogen) atoms. The molecule has 1 aliphatic rings. The number of carbonyl (C=O) groups excluding carboxylic acids is 2. The Hall–Kier alpha value is -2.09. The molecule has 0 bridgehead atoms. The third kappa shape index (κ3) is 4.97. The summed E-state index contributed by atoms with van der Waals surface area (Å²) >= 11 is 0. The average Bonchev–Trinajstić information content (AvgIpc) is 2.95. The minimum absolute atomic E-state index is 0.0267. The fraction of sp³-hybridized carbons (Fsp3) is 0.556. The molecule has 0 spiro atoms. The predicted molar refractivity (Wildman–Crippen MR) is 100 cm³/mol. The van der Waals surface area contributed by atoms with Crippen LogP contribution in [0, 0.1) is 0 Å². The summed E-state index contributed by atoms with van der Waals surface area (Å²) in [5, 5.41) is 0. The molecule has 1 aliphatic heterocycles. The van der Waals surface area contributed by atoms with Crippen LogP contribution in [-0.2, 0) is 19.4 Å². The van der Waals surface area contributed by atoms with E-state index in [0.717, 1.165) is 0 Å². The highest BCUT2D eigenvalue weighted by Gasteiger charge is 2.33. The van der Waals surface area contributed by atoms with Gasteiger partial charge in [-0.2, -0.15) is 0 Å². The molecule has 7 nitrogen and oxygen atoms in total. The molecule has 0 radical (unpaired) electrons. The Bertz CT molecular complexity index is 763. The van der Waals surface area contributed by atoms with Crippen LogP contribution < -0.4 is 9.64 Å². The van der Waals surface area contributed by atoms with Crippen LogP contribution in [0.5, 0.6) is 5.75 Å². The standard InChI is InChI=1S/C18H26N2O5S/c1-4-19(16-9-11-26(23,24)13-16)18(22)8-10-20(14(2)21)15-6-5-7-17(12-15)25-3/h5-7,12,16H,4,8-11,13H2,1-3H3. The maximum atomic E-state index is 12.6. The van der Waals surface area contributed by atoms with Crippen molar-refractivity contribution in [3.05, 3.63) is 24.3 Å². The molecule has 144 valence electrons. The Balaban J connectivity index is 2.05. The number of ether oxygens (including phenoxy) is 1. The van der Waals surface area contributed by atoms with Crippen molar-refractivity contribution < 1.29 is 22.7 Å². The van der Waals surface area contributed by atoms with Crippen LogP contribution >= 0.6 is 0 Å². The summed E-state index contributed by atoms with van der Waals surface area (Å²) in [6.45, 7) is 3.98. The van der Waals surface area contributed by atoms with E-state index in [1.807, 2.05) is 6.92 Å². The highest BCUT2D eigenvalue weighted by molar-refractivity contribution is 7.91. The molecular weight excluding hydrogens is 356 g/mol. The lowest BCUT2D eigenvalue weighted by Gasteiger charge is -2.28. The monoisotopic (exact) mass is 382 g/mol. The zero-order valence-corrected chi connectivity index (χ0v) is 16.3. The van der Waals surface area contributed by atoms with Gasteiger partial charge in [0.05, 0.1) is 18.6 Å². The molecule has 1 fully saturated rings. The van der Waals surface area contributed by atoms with Crippen LogP contribution in [-0.4, -0.2) is 62.9 Å². The Labute approximate surface area is 154 Å². The predicted octanol–water partition coefficient (Wildman–Crippen LogP) is 1.47. The molecule has 0 N–H and O–H groups in total. The van der Waals surface area contributed by atoms with Crippen molar-refractivity contribution in [2.24, 2.45) is 0 Å². The maximum absolute atomic E-state index is 12.6. The van der Waals surface area contributed by atoms with Crippen molar-refractivity contribution in [1.29, 1.82) is 0 Å². The molecule has 8 heteroatoms. The molecule has 1 aromatic rings. The normalized spacial score (nSPS) is 18.3. The molecule has 2 amide bonds. The molecule has 0 aromatic heterocycles. The first-order valence-corrected chi connectivity index (χ1v) is 10.5. The maximum Gasteiger partial charge on any atom is 0.224 e. The van der Waals surface area contributed by atoms with Crippen molar-refractivity contribution in [2.45, 2.75) is 32.7 Å². The van der Waals surface area contributed by atoms with E-state index in [2.05, 4.69) is 0 Å². The van der Waals surface area contributed by atoms with Crippen LogP contribution in [0.25, 0.3) is 0 Å². The van der Waals surface area contributed by atoms with E-state index >= 15 is 0 Å². The first kappa shape index (κ1) is 20.2. The number of anilines is 1. The zero-order valence-electron chi connectivity index (χ0n) is 15.5. The summed E-state index contributed by atoms with van der Waals surface area (Å²) in [6.07, 6.45) is 0.620. The topological polar surface area (TPSA) is 84.0 Å². The lowest BCUT2D eigenvalue weighted by molar-refractivity contribution is -0.132. The summed E-state index contributed by atoms with van der Waals surface area (Å²) in [5.74, 6) is 0.483. The molecule has 1 unspecified atom stereocenters. The van der Waals surface area contributed by atoms with Crippen LogP contribution in [0.1, 0.15) is 26.7 Å². The Morgan fingerprint density at radius 3 is 2.58 bits per heavy atom. The lowest BCUT2D eigenvalue weighted by atomic mass is 10.2. The number of amides is 2. The number of sulfone groups is 1. The molecule has 0 aliphatic carbocycles. The summed E-state index contributed by atoms with van der Waals surface area (Å²) in [5.41, 5.74) is 0.663.